The van der Waals surface area contributed by atoms with Crippen LogP contribution < -0.4 is 5.32 Å². The first kappa shape index (κ1) is 16.4. The predicted octanol–water partition coefficient (Wildman–Crippen LogP) is 0.170. The third-order valence-corrected chi connectivity index (χ3v) is 4.46. The van der Waals surface area contributed by atoms with Crippen molar-refractivity contribution in [2.24, 2.45) is 0 Å². The van der Waals surface area contributed by atoms with E-state index in [1.54, 1.807) is 0 Å². The molecule has 0 unspecified atom stereocenters. The smallest absolute Gasteiger partial charge is 0.237 e. The summed E-state index contributed by atoms with van der Waals surface area (Å²) in [4.78, 5) is 18.8. The molecule has 2 fully saturated rings. The van der Waals surface area contributed by atoms with Gasteiger partial charge in [0.25, 0.3) is 0 Å². The molecule has 0 saturated carbocycles. The van der Waals surface area contributed by atoms with Gasteiger partial charge >= 0.3 is 0 Å². The lowest BCUT2D eigenvalue weighted by Crippen LogP contribution is -2.51. The van der Waals surface area contributed by atoms with Crippen molar-refractivity contribution in [3.63, 3.8) is 0 Å². The second-order valence-corrected chi connectivity index (χ2v) is 6.19. The highest BCUT2D eigenvalue weighted by atomic mass is 16.5. The van der Waals surface area contributed by atoms with Gasteiger partial charge in [-0.1, -0.05) is 0 Å². The maximum atomic E-state index is 12.4. The molecule has 23 heavy (non-hydrogen) atoms. The lowest BCUT2D eigenvalue weighted by Gasteiger charge is -2.35. The molecule has 0 aromatic carbocycles. The zero-order valence-electron chi connectivity index (χ0n) is 13.7. The van der Waals surface area contributed by atoms with Gasteiger partial charge in [0.2, 0.25) is 5.91 Å². The SMILES string of the molecule is Cc1nc([C@@H]2CN([C@@H](C)C(=O)NC[C@H]3CCCO3)CCO2)n[nH]1. The summed E-state index contributed by atoms with van der Waals surface area (Å²) in [5, 5.41) is 9.99. The largest absolute Gasteiger partial charge is 0.376 e. The molecule has 3 heterocycles. The predicted molar refractivity (Wildman–Crippen MR) is 82.8 cm³/mol. The molecule has 3 rings (SSSR count). The first-order valence-electron chi connectivity index (χ1n) is 8.27. The lowest BCUT2D eigenvalue weighted by molar-refractivity contribution is -0.130. The minimum Gasteiger partial charge on any atom is -0.376 e. The first-order valence-corrected chi connectivity index (χ1v) is 8.27. The van der Waals surface area contributed by atoms with Gasteiger partial charge in [-0.3, -0.25) is 14.8 Å². The highest BCUT2D eigenvalue weighted by Crippen LogP contribution is 2.20. The molecule has 0 bridgehead atoms. The van der Waals surface area contributed by atoms with Crippen LogP contribution in [0.4, 0.5) is 0 Å². The number of morpholine rings is 1. The van der Waals surface area contributed by atoms with Crippen LogP contribution >= 0.6 is 0 Å². The second kappa shape index (κ2) is 7.37. The fourth-order valence-electron chi connectivity index (χ4n) is 3.01. The molecule has 2 saturated heterocycles. The first-order chi connectivity index (χ1) is 11.1. The Bertz CT molecular complexity index is 529. The van der Waals surface area contributed by atoms with Crippen molar-refractivity contribution < 1.29 is 14.3 Å². The molecule has 0 radical (unpaired) electrons. The van der Waals surface area contributed by atoms with Gasteiger partial charge in [-0.15, -0.1) is 0 Å². The van der Waals surface area contributed by atoms with Crippen LogP contribution in [-0.2, 0) is 14.3 Å². The van der Waals surface area contributed by atoms with Crippen LogP contribution in [0.5, 0.6) is 0 Å². The molecule has 8 nitrogen and oxygen atoms in total. The number of H-pyrrole nitrogens is 1. The van der Waals surface area contributed by atoms with Crippen molar-refractivity contribution in [3.8, 4) is 0 Å². The van der Waals surface area contributed by atoms with Crippen LogP contribution in [0.1, 0.15) is 37.5 Å². The van der Waals surface area contributed by atoms with Gasteiger partial charge in [-0.25, -0.2) is 4.98 Å². The number of carbonyl (C=O) groups is 1. The topological polar surface area (TPSA) is 92.4 Å². The van der Waals surface area contributed by atoms with Gasteiger partial charge in [0.1, 0.15) is 11.9 Å². The average molecular weight is 323 g/mol. The molecule has 2 aliphatic rings. The molecule has 1 amide bonds. The molecule has 2 aliphatic heterocycles. The number of rotatable bonds is 5. The fourth-order valence-corrected chi connectivity index (χ4v) is 3.01. The number of aromatic amines is 1. The number of ether oxygens (including phenoxy) is 2. The Labute approximate surface area is 135 Å². The van der Waals surface area contributed by atoms with Crippen LogP contribution in [0.3, 0.4) is 0 Å². The van der Waals surface area contributed by atoms with Crippen LogP contribution in [-0.4, -0.2) is 71.0 Å². The van der Waals surface area contributed by atoms with Gasteiger partial charge in [-0.2, -0.15) is 5.10 Å². The summed E-state index contributed by atoms with van der Waals surface area (Å²) >= 11 is 0. The average Bonchev–Trinajstić information content (AvgIpc) is 3.23. The molecule has 8 heteroatoms. The number of amides is 1. The number of hydrogen-bond donors (Lipinski definition) is 2. The maximum Gasteiger partial charge on any atom is 0.237 e. The summed E-state index contributed by atoms with van der Waals surface area (Å²) in [7, 11) is 0. The molecular weight excluding hydrogens is 298 g/mol. The van der Waals surface area contributed by atoms with E-state index in [0.29, 0.717) is 25.5 Å². The molecular formula is C15H25N5O3. The normalized spacial score (nSPS) is 27.0. The molecule has 1 aromatic rings. The van der Waals surface area contributed by atoms with Crippen LogP contribution in [0.15, 0.2) is 0 Å². The molecule has 1 aromatic heterocycles. The van der Waals surface area contributed by atoms with Crippen LogP contribution in [0.2, 0.25) is 0 Å². The fraction of sp³-hybridized carbons (Fsp3) is 0.800. The van der Waals surface area contributed by atoms with Gasteiger partial charge < -0.3 is 14.8 Å². The van der Waals surface area contributed by atoms with Crippen molar-refractivity contribution in [1.82, 2.24) is 25.4 Å². The zero-order valence-corrected chi connectivity index (χ0v) is 13.7. The molecule has 0 aliphatic carbocycles. The lowest BCUT2D eigenvalue weighted by atomic mass is 10.2. The number of nitrogens with zero attached hydrogens (tertiary/aromatic N) is 3. The van der Waals surface area contributed by atoms with E-state index in [1.165, 1.54) is 0 Å². The van der Waals surface area contributed by atoms with E-state index < -0.39 is 0 Å². The zero-order chi connectivity index (χ0) is 16.2. The van der Waals surface area contributed by atoms with E-state index in [4.69, 9.17) is 9.47 Å². The minimum atomic E-state index is -0.206. The Morgan fingerprint density at radius 3 is 3.04 bits per heavy atom. The van der Waals surface area contributed by atoms with E-state index >= 15 is 0 Å². The Hall–Kier alpha value is -1.51. The molecule has 0 spiro atoms. The third kappa shape index (κ3) is 4.07. The van der Waals surface area contributed by atoms with Crippen molar-refractivity contribution in [1.29, 1.82) is 0 Å². The van der Waals surface area contributed by atoms with Gasteiger partial charge in [0, 0.05) is 26.2 Å². The summed E-state index contributed by atoms with van der Waals surface area (Å²) in [6.07, 6.45) is 2.08. The van der Waals surface area contributed by atoms with E-state index in [-0.39, 0.29) is 24.2 Å². The Morgan fingerprint density at radius 2 is 2.35 bits per heavy atom. The monoisotopic (exact) mass is 323 g/mol. The van der Waals surface area contributed by atoms with E-state index in [9.17, 15) is 4.79 Å². The van der Waals surface area contributed by atoms with Crippen LogP contribution in [0, 0.1) is 6.92 Å². The minimum absolute atomic E-state index is 0.0346. The summed E-state index contributed by atoms with van der Waals surface area (Å²) in [6, 6.07) is -0.206. The Kier molecular flexibility index (Phi) is 5.24. The van der Waals surface area contributed by atoms with E-state index in [1.807, 2.05) is 13.8 Å². The second-order valence-electron chi connectivity index (χ2n) is 6.19. The summed E-state index contributed by atoms with van der Waals surface area (Å²) in [5.74, 6) is 1.45. The summed E-state index contributed by atoms with van der Waals surface area (Å²) in [6.45, 7) is 7.10. The standard InChI is InChI=1S/C15H25N5O3/c1-10(15(21)16-8-12-4-3-6-22-12)20-5-7-23-13(9-20)14-17-11(2)18-19-14/h10,12-13H,3-9H2,1-2H3,(H,16,21)(H,17,18,19)/t10-,12+,13-/m0/s1. The van der Waals surface area contributed by atoms with Gasteiger partial charge in [-0.05, 0) is 26.7 Å². The molecule has 3 atom stereocenters. The third-order valence-electron chi connectivity index (χ3n) is 4.46. The van der Waals surface area contributed by atoms with E-state index in [2.05, 4.69) is 25.4 Å². The Morgan fingerprint density at radius 1 is 1.48 bits per heavy atom. The number of aryl methyl sites for hydroxylation is 1. The number of aromatic nitrogens is 3. The van der Waals surface area contributed by atoms with Crippen LogP contribution in [0.25, 0.3) is 0 Å². The van der Waals surface area contributed by atoms with Crippen molar-refractivity contribution in [2.75, 3.05) is 32.8 Å². The highest BCUT2D eigenvalue weighted by Gasteiger charge is 2.30. The van der Waals surface area contributed by atoms with Crippen molar-refractivity contribution in [2.45, 2.75) is 44.9 Å². The Balaban J connectivity index is 1.51. The number of nitrogens with one attached hydrogen (secondary N) is 2. The summed E-state index contributed by atoms with van der Waals surface area (Å²) in [5.41, 5.74) is 0. The van der Waals surface area contributed by atoms with Gasteiger partial charge in [0.15, 0.2) is 5.82 Å². The quantitative estimate of drug-likeness (QED) is 0.802. The number of hydrogen-bond acceptors (Lipinski definition) is 6. The maximum absolute atomic E-state index is 12.4. The highest BCUT2D eigenvalue weighted by molar-refractivity contribution is 5.81. The summed E-state index contributed by atoms with van der Waals surface area (Å²) < 4.78 is 11.3. The molecule has 128 valence electrons. The van der Waals surface area contributed by atoms with Gasteiger partial charge in [0.05, 0.1) is 18.8 Å². The van der Waals surface area contributed by atoms with Crippen molar-refractivity contribution >= 4 is 5.91 Å². The van der Waals surface area contributed by atoms with Crippen molar-refractivity contribution in [3.05, 3.63) is 11.6 Å². The molecule has 2 N–H and O–H groups in total. The number of carbonyl (C=O) groups excluding carboxylic acids is 1. The van der Waals surface area contributed by atoms with E-state index in [0.717, 1.165) is 31.8 Å².